The Morgan fingerprint density at radius 2 is 1.90 bits per heavy atom. The van der Waals surface area contributed by atoms with Crippen LogP contribution in [0.2, 0.25) is 0 Å². The van der Waals surface area contributed by atoms with Crippen molar-refractivity contribution in [3.63, 3.8) is 0 Å². The van der Waals surface area contributed by atoms with Gasteiger partial charge in [0.15, 0.2) is 11.5 Å². The van der Waals surface area contributed by atoms with E-state index >= 15 is 0 Å². The molecular formula is C16H27ClN2O2. The molecule has 21 heavy (non-hydrogen) atoms. The van der Waals surface area contributed by atoms with Gasteiger partial charge in [-0.3, -0.25) is 4.90 Å². The van der Waals surface area contributed by atoms with E-state index < -0.39 is 0 Å². The number of ether oxygens (including phenoxy) is 2. The molecule has 0 spiro atoms. The monoisotopic (exact) mass is 314 g/mol. The van der Waals surface area contributed by atoms with E-state index in [0.29, 0.717) is 6.04 Å². The number of rotatable bonds is 6. The molecule has 1 aromatic carbocycles. The summed E-state index contributed by atoms with van der Waals surface area (Å²) in [5, 5.41) is 3.29. The second kappa shape index (κ2) is 8.47. The Labute approximate surface area is 134 Å². The Balaban J connectivity index is 0.00000220. The van der Waals surface area contributed by atoms with Crippen molar-refractivity contribution in [2.75, 3.05) is 34.4 Å². The minimum atomic E-state index is 0. The van der Waals surface area contributed by atoms with Crippen molar-refractivity contribution in [3.05, 3.63) is 23.3 Å². The van der Waals surface area contributed by atoms with Crippen LogP contribution in [0.4, 0.5) is 0 Å². The standard InChI is InChI=1S/C16H26N2O2.ClH/c1-12-8-15(19-3)16(20-4)9-13(12)11-18-7-5-6-14(18)10-17-2;/h8-9,14,17H,5-7,10-11H2,1-4H3;1H. The molecule has 1 saturated heterocycles. The van der Waals surface area contributed by atoms with Crippen molar-refractivity contribution >= 4 is 12.4 Å². The molecule has 0 saturated carbocycles. The summed E-state index contributed by atoms with van der Waals surface area (Å²) >= 11 is 0. The number of halogens is 1. The average Bonchev–Trinajstić information content (AvgIpc) is 2.88. The van der Waals surface area contributed by atoms with Gasteiger partial charge in [0.25, 0.3) is 0 Å². The van der Waals surface area contributed by atoms with Gasteiger partial charge >= 0.3 is 0 Å². The second-order valence-corrected chi connectivity index (χ2v) is 5.46. The van der Waals surface area contributed by atoms with Crippen LogP contribution in [0.25, 0.3) is 0 Å². The molecule has 5 heteroatoms. The lowest BCUT2D eigenvalue weighted by molar-refractivity contribution is 0.241. The smallest absolute Gasteiger partial charge is 0.161 e. The van der Waals surface area contributed by atoms with Crippen molar-refractivity contribution in [3.8, 4) is 11.5 Å². The zero-order valence-electron chi connectivity index (χ0n) is 13.4. The van der Waals surface area contributed by atoms with Crippen molar-refractivity contribution in [2.45, 2.75) is 32.4 Å². The fourth-order valence-electron chi connectivity index (χ4n) is 2.98. The van der Waals surface area contributed by atoms with E-state index in [1.165, 1.54) is 30.5 Å². The molecule has 1 aliphatic rings. The highest BCUT2D eigenvalue weighted by Gasteiger charge is 2.24. The Kier molecular flexibility index (Phi) is 7.29. The number of benzene rings is 1. The van der Waals surface area contributed by atoms with Crippen LogP contribution in [0, 0.1) is 6.92 Å². The molecule has 1 aliphatic heterocycles. The number of hydrogen-bond acceptors (Lipinski definition) is 4. The molecule has 0 bridgehead atoms. The quantitative estimate of drug-likeness (QED) is 0.875. The van der Waals surface area contributed by atoms with E-state index in [1.807, 2.05) is 7.05 Å². The fraction of sp³-hybridized carbons (Fsp3) is 0.625. The highest BCUT2D eigenvalue weighted by molar-refractivity contribution is 5.85. The summed E-state index contributed by atoms with van der Waals surface area (Å²) in [7, 11) is 5.40. The van der Waals surface area contributed by atoms with Gasteiger partial charge in [-0.15, -0.1) is 12.4 Å². The van der Waals surface area contributed by atoms with E-state index in [2.05, 4.69) is 29.3 Å². The SMILES string of the molecule is CNCC1CCCN1Cc1cc(OC)c(OC)cc1C.Cl. The predicted octanol–water partition coefficient (Wildman–Crippen LogP) is 2.62. The van der Waals surface area contributed by atoms with Crippen molar-refractivity contribution in [1.29, 1.82) is 0 Å². The molecule has 2 rings (SSSR count). The van der Waals surface area contributed by atoms with Gasteiger partial charge in [0.05, 0.1) is 14.2 Å². The molecule has 0 amide bonds. The molecule has 120 valence electrons. The number of nitrogens with one attached hydrogen (secondary N) is 1. The highest BCUT2D eigenvalue weighted by atomic mass is 35.5. The first-order valence-electron chi connectivity index (χ1n) is 7.29. The largest absolute Gasteiger partial charge is 0.493 e. The van der Waals surface area contributed by atoms with E-state index in [4.69, 9.17) is 9.47 Å². The van der Waals surface area contributed by atoms with Gasteiger partial charge in [-0.25, -0.2) is 0 Å². The topological polar surface area (TPSA) is 33.7 Å². The maximum Gasteiger partial charge on any atom is 0.161 e. The van der Waals surface area contributed by atoms with Crippen molar-refractivity contribution in [1.82, 2.24) is 10.2 Å². The Morgan fingerprint density at radius 3 is 2.52 bits per heavy atom. The van der Waals surface area contributed by atoms with E-state index in [-0.39, 0.29) is 12.4 Å². The van der Waals surface area contributed by atoms with Crippen molar-refractivity contribution in [2.24, 2.45) is 0 Å². The van der Waals surface area contributed by atoms with Crippen LogP contribution in [-0.4, -0.2) is 45.3 Å². The fourth-order valence-corrected chi connectivity index (χ4v) is 2.98. The van der Waals surface area contributed by atoms with Crippen LogP contribution in [0.3, 0.4) is 0 Å². The molecule has 1 N–H and O–H groups in total. The Hall–Kier alpha value is -0.970. The third kappa shape index (κ3) is 4.25. The zero-order chi connectivity index (χ0) is 14.5. The molecule has 4 nitrogen and oxygen atoms in total. The highest BCUT2D eigenvalue weighted by Crippen LogP contribution is 2.31. The normalized spacial score (nSPS) is 18.4. The van der Waals surface area contributed by atoms with Gasteiger partial charge in [-0.2, -0.15) is 0 Å². The molecule has 0 aliphatic carbocycles. The number of likely N-dealkylation sites (N-methyl/N-ethyl adjacent to an activating group) is 1. The predicted molar refractivity (Wildman–Crippen MR) is 88.9 cm³/mol. The summed E-state index contributed by atoms with van der Waals surface area (Å²) in [5.74, 6) is 1.62. The van der Waals surface area contributed by atoms with E-state index in [9.17, 15) is 0 Å². The first kappa shape index (κ1) is 18.1. The van der Waals surface area contributed by atoms with Crippen LogP contribution < -0.4 is 14.8 Å². The van der Waals surface area contributed by atoms with Gasteiger partial charge in [-0.1, -0.05) is 0 Å². The molecule has 0 radical (unpaired) electrons. The second-order valence-electron chi connectivity index (χ2n) is 5.46. The summed E-state index contributed by atoms with van der Waals surface area (Å²) in [6.45, 7) is 5.37. The maximum atomic E-state index is 5.41. The van der Waals surface area contributed by atoms with Gasteiger partial charge < -0.3 is 14.8 Å². The van der Waals surface area contributed by atoms with Crippen LogP contribution in [-0.2, 0) is 6.54 Å². The zero-order valence-corrected chi connectivity index (χ0v) is 14.3. The average molecular weight is 315 g/mol. The molecule has 1 fully saturated rings. The number of nitrogens with zero attached hydrogens (tertiary/aromatic N) is 1. The first-order chi connectivity index (χ1) is 9.69. The van der Waals surface area contributed by atoms with E-state index in [1.54, 1.807) is 14.2 Å². The third-order valence-electron chi connectivity index (χ3n) is 4.15. The van der Waals surface area contributed by atoms with Crippen LogP contribution in [0.15, 0.2) is 12.1 Å². The Morgan fingerprint density at radius 1 is 1.24 bits per heavy atom. The summed E-state index contributed by atoms with van der Waals surface area (Å²) < 4.78 is 10.8. The maximum absolute atomic E-state index is 5.41. The Bertz CT molecular complexity index is 454. The van der Waals surface area contributed by atoms with Crippen LogP contribution in [0.5, 0.6) is 11.5 Å². The van der Waals surface area contributed by atoms with Gasteiger partial charge in [0, 0.05) is 19.1 Å². The van der Waals surface area contributed by atoms with Crippen molar-refractivity contribution < 1.29 is 9.47 Å². The summed E-state index contributed by atoms with van der Waals surface area (Å²) in [6.07, 6.45) is 2.58. The third-order valence-corrected chi connectivity index (χ3v) is 4.15. The summed E-state index contributed by atoms with van der Waals surface area (Å²) in [5.41, 5.74) is 2.59. The van der Waals surface area contributed by atoms with E-state index in [0.717, 1.165) is 24.6 Å². The molecule has 1 aromatic rings. The molecular weight excluding hydrogens is 288 g/mol. The molecule has 0 aromatic heterocycles. The lowest BCUT2D eigenvalue weighted by atomic mass is 10.1. The van der Waals surface area contributed by atoms with Gasteiger partial charge in [0.2, 0.25) is 0 Å². The summed E-state index contributed by atoms with van der Waals surface area (Å²) in [6, 6.07) is 4.83. The number of aryl methyl sites for hydroxylation is 1. The molecule has 1 heterocycles. The lowest BCUT2D eigenvalue weighted by Crippen LogP contribution is -2.36. The minimum absolute atomic E-state index is 0. The van der Waals surface area contributed by atoms with Crippen LogP contribution in [0.1, 0.15) is 24.0 Å². The number of likely N-dealkylation sites (tertiary alicyclic amines) is 1. The molecule has 1 unspecified atom stereocenters. The lowest BCUT2D eigenvalue weighted by Gasteiger charge is -2.25. The minimum Gasteiger partial charge on any atom is -0.493 e. The van der Waals surface area contributed by atoms with Gasteiger partial charge in [-0.05, 0) is 56.6 Å². The molecule has 1 atom stereocenters. The van der Waals surface area contributed by atoms with Gasteiger partial charge in [0.1, 0.15) is 0 Å². The summed E-state index contributed by atoms with van der Waals surface area (Å²) in [4.78, 5) is 2.56. The first-order valence-corrected chi connectivity index (χ1v) is 7.29. The number of hydrogen-bond donors (Lipinski definition) is 1. The van der Waals surface area contributed by atoms with Crippen LogP contribution >= 0.6 is 12.4 Å². The number of methoxy groups -OCH3 is 2.